The Morgan fingerprint density at radius 3 is 2.72 bits per heavy atom. The second-order valence-electron chi connectivity index (χ2n) is 6.84. The minimum Gasteiger partial charge on any atom is -0.381 e. The topological polar surface area (TPSA) is 68.5 Å². The van der Waals surface area contributed by atoms with Gasteiger partial charge in [-0.05, 0) is 48.1 Å². The highest BCUT2D eigenvalue weighted by Crippen LogP contribution is 2.30. The molecular weight excluding hydrogens is 338 g/mol. The van der Waals surface area contributed by atoms with E-state index >= 15 is 0 Å². The lowest BCUT2D eigenvalue weighted by atomic mass is 9.96. The van der Waals surface area contributed by atoms with Crippen molar-refractivity contribution in [1.82, 2.24) is 15.0 Å². The lowest BCUT2D eigenvalue weighted by Gasteiger charge is -2.30. The maximum atomic E-state index is 12.4. The molecule has 4 heterocycles. The van der Waals surface area contributed by atoms with Crippen molar-refractivity contribution in [2.24, 2.45) is 0 Å². The summed E-state index contributed by atoms with van der Waals surface area (Å²) < 4.78 is 10.9. The Morgan fingerprint density at radius 1 is 1.20 bits per heavy atom. The molecule has 0 N–H and O–H groups in total. The van der Waals surface area contributed by atoms with Crippen LogP contribution in [-0.2, 0) is 16.0 Å². The number of rotatable bonds is 4. The predicted molar refractivity (Wildman–Crippen MR) is 93.7 cm³/mol. The zero-order valence-corrected chi connectivity index (χ0v) is 15.0. The number of ether oxygens (including phenoxy) is 1. The fourth-order valence-electron chi connectivity index (χ4n) is 3.59. The average molecular weight is 361 g/mol. The highest BCUT2D eigenvalue weighted by atomic mass is 32.1. The second-order valence-corrected chi connectivity index (χ2v) is 7.62. The number of amides is 1. The van der Waals surface area contributed by atoms with Crippen LogP contribution in [0.5, 0.6) is 0 Å². The third kappa shape index (κ3) is 3.93. The van der Waals surface area contributed by atoms with E-state index in [0.717, 1.165) is 69.3 Å². The van der Waals surface area contributed by atoms with Crippen LogP contribution in [0.15, 0.2) is 21.3 Å². The summed E-state index contributed by atoms with van der Waals surface area (Å²) in [4.78, 5) is 19.0. The minimum absolute atomic E-state index is 0.213. The molecule has 7 heteroatoms. The van der Waals surface area contributed by atoms with Gasteiger partial charge in [0.15, 0.2) is 5.82 Å². The molecule has 6 nitrogen and oxygen atoms in total. The van der Waals surface area contributed by atoms with Gasteiger partial charge in [-0.25, -0.2) is 0 Å². The lowest BCUT2D eigenvalue weighted by Crippen LogP contribution is -2.38. The fourth-order valence-corrected chi connectivity index (χ4v) is 4.26. The maximum absolute atomic E-state index is 12.4. The zero-order valence-electron chi connectivity index (χ0n) is 14.2. The number of piperidine rings is 1. The van der Waals surface area contributed by atoms with E-state index < -0.39 is 0 Å². The molecule has 2 fully saturated rings. The number of carbonyl (C=O) groups is 1. The molecule has 134 valence electrons. The van der Waals surface area contributed by atoms with E-state index in [0.29, 0.717) is 12.3 Å². The van der Waals surface area contributed by atoms with Gasteiger partial charge in [0.25, 0.3) is 0 Å². The van der Waals surface area contributed by atoms with Gasteiger partial charge in [0, 0.05) is 38.1 Å². The van der Waals surface area contributed by atoms with Crippen LogP contribution >= 0.6 is 11.3 Å². The van der Waals surface area contributed by atoms with Crippen molar-refractivity contribution >= 4 is 17.2 Å². The Kier molecular flexibility index (Phi) is 5.12. The Labute approximate surface area is 151 Å². The fraction of sp³-hybridized carbons (Fsp3) is 0.611. The molecule has 2 aliphatic heterocycles. The van der Waals surface area contributed by atoms with Crippen molar-refractivity contribution in [2.75, 3.05) is 26.3 Å². The number of carbonyl (C=O) groups excluding carboxylic acids is 1. The molecule has 0 saturated carbocycles. The van der Waals surface area contributed by atoms with E-state index in [1.807, 2.05) is 21.7 Å². The summed E-state index contributed by atoms with van der Waals surface area (Å²) in [7, 11) is 0. The monoisotopic (exact) mass is 361 g/mol. The number of nitrogens with zero attached hydrogens (tertiary/aromatic N) is 3. The molecule has 0 spiro atoms. The number of hydrogen-bond donors (Lipinski definition) is 0. The molecule has 0 aromatic carbocycles. The Bertz CT molecular complexity index is 686. The zero-order chi connectivity index (χ0) is 17.1. The van der Waals surface area contributed by atoms with Gasteiger partial charge in [-0.1, -0.05) is 5.16 Å². The molecule has 2 saturated heterocycles. The molecule has 0 bridgehead atoms. The summed E-state index contributed by atoms with van der Waals surface area (Å²) in [5.74, 6) is 2.41. The van der Waals surface area contributed by atoms with E-state index in [2.05, 4.69) is 10.1 Å². The van der Waals surface area contributed by atoms with Crippen LogP contribution in [0.25, 0.3) is 0 Å². The standard InChI is InChI=1S/C18H23N3O3S/c22-16(11-13-5-10-25-12-13)21-6-1-15(2-7-21)18-19-17(20-24-18)14-3-8-23-9-4-14/h5,10,12,14-15H,1-4,6-9,11H2. The molecule has 25 heavy (non-hydrogen) atoms. The van der Waals surface area contributed by atoms with Crippen LogP contribution < -0.4 is 0 Å². The number of thiophene rings is 1. The van der Waals surface area contributed by atoms with Gasteiger partial charge in [-0.3, -0.25) is 4.79 Å². The smallest absolute Gasteiger partial charge is 0.229 e. The van der Waals surface area contributed by atoms with E-state index in [1.54, 1.807) is 11.3 Å². The maximum Gasteiger partial charge on any atom is 0.229 e. The van der Waals surface area contributed by atoms with Gasteiger partial charge in [0.05, 0.1) is 6.42 Å². The Hall–Kier alpha value is -1.73. The van der Waals surface area contributed by atoms with Gasteiger partial charge < -0.3 is 14.2 Å². The highest BCUT2D eigenvalue weighted by molar-refractivity contribution is 7.07. The van der Waals surface area contributed by atoms with Crippen LogP contribution in [-0.4, -0.2) is 47.3 Å². The number of hydrogen-bond acceptors (Lipinski definition) is 6. The normalized spacial score (nSPS) is 20.1. The quantitative estimate of drug-likeness (QED) is 0.837. The summed E-state index contributed by atoms with van der Waals surface area (Å²) in [6.45, 7) is 3.09. The van der Waals surface area contributed by atoms with Crippen LogP contribution in [0.3, 0.4) is 0 Å². The summed E-state index contributed by atoms with van der Waals surface area (Å²) in [5, 5.41) is 8.25. The van der Waals surface area contributed by atoms with Gasteiger partial charge in [-0.15, -0.1) is 0 Å². The molecule has 4 rings (SSSR count). The first-order valence-electron chi connectivity index (χ1n) is 8.99. The van der Waals surface area contributed by atoms with Gasteiger partial charge in [0.1, 0.15) is 0 Å². The summed E-state index contributed by atoms with van der Waals surface area (Å²) in [6, 6.07) is 2.02. The summed E-state index contributed by atoms with van der Waals surface area (Å²) >= 11 is 1.63. The van der Waals surface area contributed by atoms with Crippen LogP contribution in [0.4, 0.5) is 0 Å². The molecule has 2 aromatic rings. The Balaban J connectivity index is 1.31. The van der Waals surface area contributed by atoms with E-state index in [1.165, 1.54) is 0 Å². The molecule has 1 amide bonds. The van der Waals surface area contributed by atoms with Crippen LogP contribution in [0.1, 0.15) is 54.8 Å². The van der Waals surface area contributed by atoms with Gasteiger partial charge >= 0.3 is 0 Å². The molecule has 0 radical (unpaired) electrons. The van der Waals surface area contributed by atoms with Crippen molar-refractivity contribution in [2.45, 2.75) is 43.9 Å². The molecule has 0 atom stereocenters. The first-order chi connectivity index (χ1) is 12.3. The SMILES string of the molecule is O=C(Cc1ccsc1)N1CCC(c2nc(C3CCOCC3)no2)CC1. The predicted octanol–water partition coefficient (Wildman–Crippen LogP) is 2.97. The van der Waals surface area contributed by atoms with Crippen LogP contribution in [0.2, 0.25) is 0 Å². The highest BCUT2D eigenvalue weighted by Gasteiger charge is 2.29. The number of likely N-dealkylation sites (tertiary alicyclic amines) is 1. The molecule has 0 aliphatic carbocycles. The van der Waals surface area contributed by atoms with Crippen molar-refractivity contribution in [1.29, 1.82) is 0 Å². The van der Waals surface area contributed by atoms with Crippen molar-refractivity contribution in [3.8, 4) is 0 Å². The average Bonchev–Trinajstić information content (AvgIpc) is 3.34. The van der Waals surface area contributed by atoms with Crippen molar-refractivity contribution < 1.29 is 14.1 Å². The largest absolute Gasteiger partial charge is 0.381 e. The van der Waals surface area contributed by atoms with E-state index in [4.69, 9.17) is 9.26 Å². The molecule has 2 aliphatic rings. The molecule has 2 aromatic heterocycles. The van der Waals surface area contributed by atoms with E-state index in [9.17, 15) is 4.79 Å². The molecule has 0 unspecified atom stereocenters. The van der Waals surface area contributed by atoms with E-state index in [-0.39, 0.29) is 11.8 Å². The first-order valence-corrected chi connectivity index (χ1v) is 9.94. The summed E-state index contributed by atoms with van der Waals surface area (Å²) in [6.07, 6.45) is 4.22. The second kappa shape index (κ2) is 7.66. The molecular formula is C18H23N3O3S. The lowest BCUT2D eigenvalue weighted by molar-refractivity contribution is -0.131. The minimum atomic E-state index is 0.213. The van der Waals surface area contributed by atoms with Crippen molar-refractivity contribution in [3.05, 3.63) is 34.1 Å². The first kappa shape index (κ1) is 16.7. The summed E-state index contributed by atoms with van der Waals surface area (Å²) in [5.41, 5.74) is 1.11. The van der Waals surface area contributed by atoms with Gasteiger partial charge in [-0.2, -0.15) is 16.3 Å². The van der Waals surface area contributed by atoms with Crippen molar-refractivity contribution in [3.63, 3.8) is 0 Å². The third-order valence-corrected chi connectivity index (χ3v) is 5.91. The van der Waals surface area contributed by atoms with Crippen LogP contribution in [0, 0.1) is 0 Å². The number of aromatic nitrogens is 2. The Morgan fingerprint density at radius 2 is 2.00 bits per heavy atom. The third-order valence-electron chi connectivity index (χ3n) is 5.18. The van der Waals surface area contributed by atoms with Gasteiger partial charge in [0.2, 0.25) is 11.8 Å².